The summed E-state index contributed by atoms with van der Waals surface area (Å²) < 4.78 is 5.27. The molecule has 0 unspecified atom stereocenters. The summed E-state index contributed by atoms with van der Waals surface area (Å²) in [7, 11) is 0. The van der Waals surface area contributed by atoms with Crippen LogP contribution in [0.4, 0.5) is 0 Å². The van der Waals surface area contributed by atoms with Crippen molar-refractivity contribution in [1.82, 2.24) is 20.5 Å². The third kappa shape index (κ3) is 4.11. The zero-order valence-corrected chi connectivity index (χ0v) is 11.2. The highest BCUT2D eigenvalue weighted by Gasteiger charge is 2.05. The molecule has 0 radical (unpaired) electrons. The number of carbonyl (C=O) groups excluding carboxylic acids is 1. The number of carbonyl (C=O) groups is 1. The van der Waals surface area contributed by atoms with Gasteiger partial charge in [0.25, 0.3) is 5.91 Å². The highest BCUT2D eigenvalue weighted by atomic mass is 35.5. The molecule has 6 nitrogen and oxygen atoms in total. The number of aromatic amines is 1. The number of nitrogens with zero attached hydrogens (tertiary/aromatic N) is 2. The highest BCUT2D eigenvalue weighted by Crippen LogP contribution is 2.26. The number of amides is 1. The fourth-order valence-corrected chi connectivity index (χ4v) is 1.55. The molecule has 2 N–H and O–H groups in total. The topological polar surface area (TPSA) is 79.9 Å². The average Bonchev–Trinajstić information content (AvgIpc) is 2.91. The molecule has 0 saturated heterocycles. The quantitative estimate of drug-likeness (QED) is 0.882. The second-order valence-corrected chi connectivity index (χ2v) is 4.39. The van der Waals surface area contributed by atoms with E-state index in [2.05, 4.69) is 20.5 Å². The monoisotopic (exact) mass is 300 g/mol. The third-order valence-electron chi connectivity index (χ3n) is 2.18. The number of aromatic nitrogens is 3. The molecular weight excluding hydrogens is 291 g/mol. The predicted molar refractivity (Wildman–Crippen MR) is 70.2 cm³/mol. The average molecular weight is 301 g/mol. The van der Waals surface area contributed by atoms with E-state index in [-0.39, 0.29) is 19.1 Å². The van der Waals surface area contributed by atoms with Crippen LogP contribution in [0.3, 0.4) is 0 Å². The van der Waals surface area contributed by atoms with Crippen molar-refractivity contribution in [1.29, 1.82) is 0 Å². The molecule has 2 aromatic rings. The Balaban J connectivity index is 1.78. The summed E-state index contributed by atoms with van der Waals surface area (Å²) in [6.07, 6.45) is 1.37. The molecule has 1 aromatic heterocycles. The van der Waals surface area contributed by atoms with Gasteiger partial charge in [-0.3, -0.25) is 9.89 Å². The van der Waals surface area contributed by atoms with Gasteiger partial charge in [0, 0.05) is 6.07 Å². The van der Waals surface area contributed by atoms with E-state index < -0.39 is 0 Å². The van der Waals surface area contributed by atoms with Gasteiger partial charge in [0.05, 0.1) is 16.6 Å². The molecule has 0 aliphatic rings. The van der Waals surface area contributed by atoms with Crippen LogP contribution in [0.15, 0.2) is 24.5 Å². The van der Waals surface area contributed by atoms with Gasteiger partial charge in [-0.2, -0.15) is 5.10 Å². The van der Waals surface area contributed by atoms with Gasteiger partial charge in [-0.05, 0) is 12.1 Å². The van der Waals surface area contributed by atoms with Crippen LogP contribution in [0.25, 0.3) is 0 Å². The van der Waals surface area contributed by atoms with E-state index in [0.717, 1.165) is 0 Å². The lowest BCUT2D eigenvalue weighted by atomic mass is 10.3. The summed E-state index contributed by atoms with van der Waals surface area (Å²) >= 11 is 11.6. The molecule has 0 bridgehead atoms. The Kier molecular flexibility index (Phi) is 4.59. The van der Waals surface area contributed by atoms with Crippen molar-refractivity contribution in [3.05, 3.63) is 40.4 Å². The Hall–Kier alpha value is -1.79. The number of hydrogen-bond acceptors (Lipinski definition) is 4. The third-order valence-corrected chi connectivity index (χ3v) is 2.92. The van der Waals surface area contributed by atoms with Crippen molar-refractivity contribution in [3.8, 4) is 5.75 Å². The highest BCUT2D eigenvalue weighted by molar-refractivity contribution is 6.42. The Morgan fingerprint density at radius 1 is 1.37 bits per heavy atom. The van der Waals surface area contributed by atoms with Crippen molar-refractivity contribution in [2.24, 2.45) is 0 Å². The fourth-order valence-electron chi connectivity index (χ4n) is 1.26. The first-order valence-corrected chi connectivity index (χ1v) is 6.09. The molecule has 0 atom stereocenters. The first-order valence-electron chi connectivity index (χ1n) is 5.34. The van der Waals surface area contributed by atoms with Gasteiger partial charge in [0.1, 0.15) is 17.9 Å². The maximum atomic E-state index is 11.5. The molecule has 1 heterocycles. The molecule has 0 saturated carbocycles. The van der Waals surface area contributed by atoms with Crippen LogP contribution in [-0.4, -0.2) is 27.7 Å². The van der Waals surface area contributed by atoms with Gasteiger partial charge >= 0.3 is 0 Å². The van der Waals surface area contributed by atoms with Gasteiger partial charge < -0.3 is 10.1 Å². The molecule has 2 rings (SSSR count). The van der Waals surface area contributed by atoms with Crippen LogP contribution in [0.2, 0.25) is 10.0 Å². The summed E-state index contributed by atoms with van der Waals surface area (Å²) in [5.74, 6) is 0.773. The summed E-state index contributed by atoms with van der Waals surface area (Å²) in [4.78, 5) is 15.4. The van der Waals surface area contributed by atoms with Gasteiger partial charge in [0.15, 0.2) is 6.61 Å². The number of H-pyrrole nitrogens is 1. The van der Waals surface area contributed by atoms with Crippen molar-refractivity contribution in [2.75, 3.05) is 6.61 Å². The molecule has 0 aliphatic carbocycles. The normalized spacial score (nSPS) is 10.2. The van der Waals surface area contributed by atoms with Gasteiger partial charge in [0.2, 0.25) is 0 Å². The lowest BCUT2D eigenvalue weighted by Crippen LogP contribution is -2.28. The fraction of sp³-hybridized carbons (Fsp3) is 0.182. The van der Waals surface area contributed by atoms with Crippen LogP contribution in [0, 0.1) is 0 Å². The van der Waals surface area contributed by atoms with Gasteiger partial charge in [-0.1, -0.05) is 23.2 Å². The summed E-state index contributed by atoms with van der Waals surface area (Å²) in [6, 6.07) is 4.79. The molecule has 0 spiro atoms. The lowest BCUT2D eigenvalue weighted by Gasteiger charge is -2.07. The van der Waals surface area contributed by atoms with Crippen molar-refractivity contribution in [2.45, 2.75) is 6.54 Å². The number of nitrogens with one attached hydrogen (secondary N) is 2. The maximum absolute atomic E-state index is 11.5. The van der Waals surface area contributed by atoms with Crippen LogP contribution in [0.5, 0.6) is 5.75 Å². The van der Waals surface area contributed by atoms with E-state index in [1.54, 1.807) is 18.2 Å². The Morgan fingerprint density at radius 2 is 2.21 bits per heavy atom. The van der Waals surface area contributed by atoms with Gasteiger partial charge in [-0.15, -0.1) is 0 Å². The van der Waals surface area contributed by atoms with Crippen LogP contribution in [0.1, 0.15) is 5.82 Å². The van der Waals surface area contributed by atoms with E-state index in [9.17, 15) is 4.79 Å². The molecular formula is C11H10Cl2N4O2. The zero-order valence-electron chi connectivity index (χ0n) is 9.69. The first kappa shape index (κ1) is 13.6. The summed E-state index contributed by atoms with van der Waals surface area (Å²) in [6.45, 7) is 0.148. The molecule has 19 heavy (non-hydrogen) atoms. The second-order valence-electron chi connectivity index (χ2n) is 3.57. The van der Waals surface area contributed by atoms with E-state index in [0.29, 0.717) is 21.6 Å². The summed E-state index contributed by atoms with van der Waals surface area (Å²) in [5, 5.41) is 9.73. The lowest BCUT2D eigenvalue weighted by molar-refractivity contribution is -0.123. The SMILES string of the molecule is O=C(COc1ccc(Cl)c(Cl)c1)NCc1ncn[nH]1. The predicted octanol–water partition coefficient (Wildman–Crippen LogP) is 1.81. The van der Waals surface area contributed by atoms with E-state index >= 15 is 0 Å². The Bertz CT molecular complexity index is 560. The first-order chi connectivity index (χ1) is 9.15. The van der Waals surface area contributed by atoms with E-state index in [1.807, 2.05) is 0 Å². The number of ether oxygens (including phenoxy) is 1. The standard InChI is InChI=1S/C11H10Cl2N4O2/c12-8-2-1-7(3-9(8)13)19-5-11(18)14-4-10-15-6-16-17-10/h1-3,6H,4-5H2,(H,14,18)(H,15,16,17). The molecule has 0 aliphatic heterocycles. The van der Waals surface area contributed by atoms with Crippen molar-refractivity contribution >= 4 is 29.1 Å². The van der Waals surface area contributed by atoms with Crippen molar-refractivity contribution in [3.63, 3.8) is 0 Å². The zero-order chi connectivity index (χ0) is 13.7. The molecule has 1 amide bonds. The maximum Gasteiger partial charge on any atom is 0.258 e. The molecule has 1 aromatic carbocycles. The molecule has 100 valence electrons. The van der Waals surface area contributed by atoms with Crippen LogP contribution in [-0.2, 0) is 11.3 Å². The van der Waals surface area contributed by atoms with Crippen molar-refractivity contribution < 1.29 is 9.53 Å². The van der Waals surface area contributed by atoms with Crippen LogP contribution >= 0.6 is 23.2 Å². The summed E-state index contributed by atoms with van der Waals surface area (Å²) in [5.41, 5.74) is 0. The molecule has 0 fully saturated rings. The number of hydrogen-bond donors (Lipinski definition) is 2. The second kappa shape index (κ2) is 6.40. The largest absolute Gasteiger partial charge is 0.484 e. The molecule has 8 heteroatoms. The van der Waals surface area contributed by atoms with Crippen LogP contribution < -0.4 is 10.1 Å². The Morgan fingerprint density at radius 3 is 2.89 bits per heavy atom. The number of rotatable bonds is 5. The minimum atomic E-state index is -0.275. The van der Waals surface area contributed by atoms with E-state index in [4.69, 9.17) is 27.9 Å². The minimum Gasteiger partial charge on any atom is -0.484 e. The Labute approximate surface area is 119 Å². The number of halogens is 2. The number of benzene rings is 1. The smallest absolute Gasteiger partial charge is 0.258 e. The van der Waals surface area contributed by atoms with E-state index in [1.165, 1.54) is 6.33 Å². The minimum absolute atomic E-state index is 0.119. The van der Waals surface area contributed by atoms with Gasteiger partial charge in [-0.25, -0.2) is 4.98 Å².